The summed E-state index contributed by atoms with van der Waals surface area (Å²) in [5.41, 5.74) is 13.1. The third-order valence-electron chi connectivity index (χ3n) is 3.32. The summed E-state index contributed by atoms with van der Waals surface area (Å²) in [7, 11) is -3.66. The molecule has 104 valence electrons. The van der Waals surface area contributed by atoms with Crippen LogP contribution in [0.2, 0.25) is 10.0 Å². The van der Waals surface area contributed by atoms with Gasteiger partial charge in [0.15, 0.2) is 0 Å². The molecular formula is C13H10Cl2N2O2S. The summed E-state index contributed by atoms with van der Waals surface area (Å²) in [4.78, 5) is 0.349. The highest BCUT2D eigenvalue weighted by molar-refractivity contribution is 7.91. The molecule has 0 saturated heterocycles. The molecule has 0 aromatic heterocycles. The molecule has 7 heteroatoms. The highest BCUT2D eigenvalue weighted by Gasteiger charge is 2.31. The predicted octanol–water partition coefficient (Wildman–Crippen LogP) is 2.89. The van der Waals surface area contributed by atoms with E-state index in [1.165, 1.54) is 12.1 Å². The lowest BCUT2D eigenvalue weighted by Gasteiger charge is -2.21. The lowest BCUT2D eigenvalue weighted by Crippen LogP contribution is -2.15. The summed E-state index contributed by atoms with van der Waals surface area (Å²) in [6.45, 7) is 0. The number of hydrogen-bond donors (Lipinski definition) is 2. The molecule has 4 N–H and O–H groups in total. The Hall–Kier alpha value is -1.43. The first-order valence-corrected chi connectivity index (χ1v) is 7.95. The Morgan fingerprint density at radius 2 is 1.25 bits per heavy atom. The molecule has 4 nitrogen and oxygen atoms in total. The van der Waals surface area contributed by atoms with E-state index in [1.54, 1.807) is 12.1 Å². The number of nitrogens with two attached hydrogens (primary N) is 2. The van der Waals surface area contributed by atoms with Crippen molar-refractivity contribution in [3.05, 3.63) is 45.4 Å². The van der Waals surface area contributed by atoms with Gasteiger partial charge in [-0.3, -0.25) is 0 Å². The van der Waals surface area contributed by atoms with E-state index in [2.05, 4.69) is 0 Å². The van der Waals surface area contributed by atoms with E-state index in [0.717, 1.165) is 0 Å². The molecule has 0 atom stereocenters. The topological polar surface area (TPSA) is 86.2 Å². The van der Waals surface area contributed by atoms with Crippen molar-refractivity contribution in [2.45, 2.75) is 16.2 Å². The van der Waals surface area contributed by atoms with Gasteiger partial charge in [-0.25, -0.2) is 8.42 Å². The zero-order valence-corrected chi connectivity index (χ0v) is 12.5. The van der Waals surface area contributed by atoms with Crippen LogP contribution in [0.15, 0.2) is 34.1 Å². The van der Waals surface area contributed by atoms with Crippen LogP contribution in [0.5, 0.6) is 0 Å². The average Bonchev–Trinajstić information content (AvgIpc) is 2.35. The average molecular weight is 329 g/mol. The first kappa shape index (κ1) is 13.5. The summed E-state index contributed by atoms with van der Waals surface area (Å²) in [5.74, 6) is 0. The first-order chi connectivity index (χ1) is 9.30. The second-order valence-corrected chi connectivity index (χ2v) is 7.34. The quantitative estimate of drug-likeness (QED) is 0.621. The summed E-state index contributed by atoms with van der Waals surface area (Å²) in [5, 5.41) is 0.674. The van der Waals surface area contributed by atoms with Crippen LogP contribution in [0.25, 0.3) is 0 Å². The molecule has 3 rings (SSSR count). The van der Waals surface area contributed by atoms with Crippen LogP contribution < -0.4 is 11.5 Å². The van der Waals surface area contributed by atoms with Crippen molar-refractivity contribution in [1.82, 2.24) is 0 Å². The second-order valence-electron chi connectivity index (χ2n) is 4.64. The molecule has 0 saturated carbocycles. The van der Waals surface area contributed by atoms with Crippen molar-refractivity contribution >= 4 is 44.4 Å². The standard InChI is InChI=1S/C13H10Cl2N2O2S/c14-8-2-6-1-7-3-9(15)11(17)5-13(7)20(18,19)12(6)4-10(8)16/h2-5H,1,16-17H2. The highest BCUT2D eigenvalue weighted by atomic mass is 35.5. The zero-order chi connectivity index (χ0) is 14.7. The molecule has 0 amide bonds. The molecule has 0 bridgehead atoms. The van der Waals surface area contributed by atoms with E-state index >= 15 is 0 Å². The number of nitrogen functional groups attached to an aromatic ring is 2. The lowest BCUT2D eigenvalue weighted by molar-refractivity contribution is 0.592. The molecule has 1 aliphatic heterocycles. The summed E-state index contributed by atoms with van der Waals surface area (Å²) < 4.78 is 25.3. The Morgan fingerprint density at radius 3 is 1.65 bits per heavy atom. The van der Waals surface area contributed by atoms with Crippen LogP contribution in [-0.4, -0.2) is 8.42 Å². The maximum Gasteiger partial charge on any atom is 0.207 e. The third kappa shape index (κ3) is 1.85. The minimum Gasteiger partial charge on any atom is -0.397 e. The number of rotatable bonds is 0. The molecule has 0 spiro atoms. The van der Waals surface area contributed by atoms with E-state index in [-0.39, 0.29) is 21.2 Å². The van der Waals surface area contributed by atoms with Crippen molar-refractivity contribution < 1.29 is 8.42 Å². The molecule has 0 unspecified atom stereocenters. The molecular weight excluding hydrogens is 319 g/mol. The van der Waals surface area contributed by atoms with Crippen LogP contribution in [0.4, 0.5) is 11.4 Å². The van der Waals surface area contributed by atoms with Gasteiger partial charge in [-0.15, -0.1) is 0 Å². The van der Waals surface area contributed by atoms with E-state index < -0.39 is 9.84 Å². The number of halogens is 2. The maximum atomic E-state index is 12.6. The van der Waals surface area contributed by atoms with Crippen LogP contribution in [0, 0.1) is 0 Å². The molecule has 2 aromatic rings. The molecule has 1 aliphatic rings. The summed E-state index contributed by atoms with van der Waals surface area (Å²) >= 11 is 11.9. The highest BCUT2D eigenvalue weighted by Crippen LogP contribution is 2.40. The number of hydrogen-bond acceptors (Lipinski definition) is 4. The molecule has 1 heterocycles. The van der Waals surface area contributed by atoms with Gasteiger partial charge in [0.1, 0.15) is 0 Å². The Bertz CT molecular complexity index is 784. The smallest absolute Gasteiger partial charge is 0.207 e. The Morgan fingerprint density at radius 1 is 0.850 bits per heavy atom. The van der Waals surface area contributed by atoms with E-state index in [4.69, 9.17) is 34.7 Å². The van der Waals surface area contributed by atoms with Gasteiger partial charge in [0.2, 0.25) is 9.84 Å². The first-order valence-electron chi connectivity index (χ1n) is 5.71. The van der Waals surface area contributed by atoms with Crippen LogP contribution in [0.1, 0.15) is 11.1 Å². The predicted molar refractivity (Wildman–Crippen MR) is 80.0 cm³/mol. The van der Waals surface area contributed by atoms with Gasteiger partial charge in [-0.2, -0.15) is 0 Å². The fourth-order valence-corrected chi connectivity index (χ4v) is 4.45. The van der Waals surface area contributed by atoms with Crippen molar-refractivity contribution in [1.29, 1.82) is 0 Å². The summed E-state index contributed by atoms with van der Waals surface area (Å²) in [6.07, 6.45) is 0.421. The SMILES string of the molecule is Nc1cc2c(cc1Cl)Cc1cc(Cl)c(N)cc1S2(=O)=O. The normalized spacial score (nSPS) is 15.5. The van der Waals surface area contributed by atoms with Gasteiger partial charge in [-0.1, -0.05) is 23.2 Å². The van der Waals surface area contributed by atoms with Crippen molar-refractivity contribution in [2.75, 3.05) is 11.5 Å². The molecule has 0 radical (unpaired) electrons. The fraction of sp³-hybridized carbons (Fsp3) is 0.0769. The van der Waals surface area contributed by atoms with Crippen molar-refractivity contribution in [3.63, 3.8) is 0 Å². The van der Waals surface area contributed by atoms with Crippen LogP contribution in [-0.2, 0) is 16.3 Å². The molecule has 20 heavy (non-hydrogen) atoms. The number of anilines is 2. The monoisotopic (exact) mass is 328 g/mol. The Kier molecular flexibility index (Phi) is 2.90. The largest absolute Gasteiger partial charge is 0.397 e. The molecule has 0 aliphatic carbocycles. The van der Waals surface area contributed by atoms with Gasteiger partial charge in [0, 0.05) is 6.42 Å². The fourth-order valence-electron chi connectivity index (χ4n) is 2.32. The number of fused-ring (bicyclic) bond motifs is 2. The van der Waals surface area contributed by atoms with Gasteiger partial charge < -0.3 is 11.5 Å². The Labute approximate surface area is 126 Å². The zero-order valence-electron chi connectivity index (χ0n) is 10.2. The van der Waals surface area contributed by atoms with E-state index in [9.17, 15) is 8.42 Å². The lowest BCUT2D eigenvalue weighted by atomic mass is 10.0. The minimum atomic E-state index is -3.66. The molecule has 0 fully saturated rings. The van der Waals surface area contributed by atoms with E-state index in [0.29, 0.717) is 27.6 Å². The maximum absolute atomic E-state index is 12.6. The second kappa shape index (κ2) is 4.28. The van der Waals surface area contributed by atoms with Crippen LogP contribution >= 0.6 is 23.2 Å². The van der Waals surface area contributed by atoms with Crippen molar-refractivity contribution in [3.8, 4) is 0 Å². The summed E-state index contributed by atoms with van der Waals surface area (Å²) in [6, 6.07) is 5.94. The van der Waals surface area contributed by atoms with Crippen LogP contribution in [0.3, 0.4) is 0 Å². The number of sulfone groups is 1. The van der Waals surface area contributed by atoms with Gasteiger partial charge >= 0.3 is 0 Å². The third-order valence-corrected chi connectivity index (χ3v) is 5.89. The molecule has 2 aromatic carbocycles. The van der Waals surface area contributed by atoms with Gasteiger partial charge in [0.25, 0.3) is 0 Å². The number of benzene rings is 2. The van der Waals surface area contributed by atoms with Gasteiger partial charge in [0.05, 0.1) is 31.2 Å². The minimum absolute atomic E-state index is 0.175. The van der Waals surface area contributed by atoms with Crippen molar-refractivity contribution in [2.24, 2.45) is 0 Å². The Balaban J connectivity index is 2.35. The van der Waals surface area contributed by atoms with E-state index in [1.807, 2.05) is 0 Å². The van der Waals surface area contributed by atoms with Gasteiger partial charge in [-0.05, 0) is 35.4 Å².